The molecule has 0 unspecified atom stereocenters. The Kier molecular flexibility index (Phi) is 3.82. The third-order valence-corrected chi connectivity index (χ3v) is 2.78. The van der Waals surface area contributed by atoms with Gasteiger partial charge in [-0.3, -0.25) is 9.48 Å². The highest BCUT2D eigenvalue weighted by Crippen LogP contribution is 2.15. The Morgan fingerprint density at radius 3 is 2.68 bits per heavy atom. The molecule has 19 heavy (non-hydrogen) atoms. The van der Waals surface area contributed by atoms with Crippen molar-refractivity contribution < 1.29 is 9.90 Å². The van der Waals surface area contributed by atoms with E-state index < -0.39 is 0 Å². The van der Waals surface area contributed by atoms with Crippen LogP contribution in [-0.4, -0.2) is 20.8 Å². The second kappa shape index (κ2) is 5.53. The van der Waals surface area contributed by atoms with E-state index in [0.29, 0.717) is 23.6 Å². The van der Waals surface area contributed by atoms with Crippen LogP contribution in [0.1, 0.15) is 23.0 Å². The fraction of sp³-hybridized carbons (Fsp3) is 0.231. The van der Waals surface area contributed by atoms with E-state index >= 15 is 0 Å². The number of amides is 1. The summed E-state index contributed by atoms with van der Waals surface area (Å²) < 4.78 is 1.55. The van der Waals surface area contributed by atoms with Gasteiger partial charge in [0.05, 0.1) is 18.5 Å². The van der Waals surface area contributed by atoms with Crippen molar-refractivity contribution in [1.82, 2.24) is 9.78 Å². The van der Waals surface area contributed by atoms with Gasteiger partial charge in [0.15, 0.2) is 0 Å². The third kappa shape index (κ3) is 2.74. The van der Waals surface area contributed by atoms with Crippen molar-refractivity contribution in [3.05, 3.63) is 41.7 Å². The number of aliphatic hydroxyl groups excluding tert-OH is 1. The van der Waals surface area contributed by atoms with Crippen LogP contribution in [0.3, 0.4) is 0 Å². The number of carbonyl (C=O) groups is 1. The number of nitrogens with one attached hydrogen (secondary N) is 1. The van der Waals surface area contributed by atoms with Crippen LogP contribution in [0, 0.1) is 0 Å². The van der Waals surface area contributed by atoms with Crippen molar-refractivity contribution >= 4 is 17.3 Å². The number of nitrogens with two attached hydrogens (primary N) is 1. The van der Waals surface area contributed by atoms with E-state index in [9.17, 15) is 4.79 Å². The van der Waals surface area contributed by atoms with Crippen LogP contribution in [0.5, 0.6) is 0 Å². The first-order valence-electron chi connectivity index (χ1n) is 5.98. The van der Waals surface area contributed by atoms with Crippen LogP contribution in [0.2, 0.25) is 0 Å². The number of hydrogen-bond acceptors (Lipinski definition) is 4. The number of aryl methyl sites for hydroxylation is 1. The van der Waals surface area contributed by atoms with E-state index in [4.69, 9.17) is 10.8 Å². The van der Waals surface area contributed by atoms with Crippen molar-refractivity contribution in [2.45, 2.75) is 20.1 Å². The molecule has 2 rings (SSSR count). The average Bonchev–Trinajstić information content (AvgIpc) is 2.80. The Morgan fingerprint density at radius 1 is 1.42 bits per heavy atom. The monoisotopic (exact) mass is 260 g/mol. The van der Waals surface area contributed by atoms with E-state index in [2.05, 4.69) is 10.4 Å². The van der Waals surface area contributed by atoms with Crippen LogP contribution in [0.15, 0.2) is 30.5 Å². The van der Waals surface area contributed by atoms with Crippen LogP contribution < -0.4 is 11.1 Å². The molecule has 6 nitrogen and oxygen atoms in total. The molecule has 4 N–H and O–H groups in total. The molecule has 0 fully saturated rings. The van der Waals surface area contributed by atoms with Crippen LogP contribution in [0.4, 0.5) is 11.4 Å². The van der Waals surface area contributed by atoms with Crippen molar-refractivity contribution in [2.75, 3.05) is 11.1 Å². The zero-order valence-corrected chi connectivity index (χ0v) is 10.6. The second-order valence-corrected chi connectivity index (χ2v) is 4.07. The highest BCUT2D eigenvalue weighted by molar-refractivity contribution is 6.06. The quantitative estimate of drug-likeness (QED) is 0.770. The summed E-state index contributed by atoms with van der Waals surface area (Å²) in [6.07, 6.45) is 1.47. The fourth-order valence-corrected chi connectivity index (χ4v) is 1.77. The Hall–Kier alpha value is -2.34. The number of nitrogen functional groups attached to an aromatic ring is 1. The van der Waals surface area contributed by atoms with Gasteiger partial charge in [0, 0.05) is 12.2 Å². The SMILES string of the molecule is CCn1ncc(N)c1C(=O)Nc1ccc(CO)cc1. The molecule has 2 aromatic rings. The first-order chi connectivity index (χ1) is 9.15. The maximum atomic E-state index is 12.1. The summed E-state index contributed by atoms with van der Waals surface area (Å²) in [6.45, 7) is 2.44. The summed E-state index contributed by atoms with van der Waals surface area (Å²) in [5, 5.41) is 15.7. The molecule has 6 heteroatoms. The summed E-state index contributed by atoms with van der Waals surface area (Å²) in [5.41, 5.74) is 7.88. The molecule has 0 saturated heterocycles. The van der Waals surface area contributed by atoms with Crippen molar-refractivity contribution in [3.63, 3.8) is 0 Å². The summed E-state index contributed by atoms with van der Waals surface area (Å²) >= 11 is 0. The zero-order valence-electron chi connectivity index (χ0n) is 10.6. The van der Waals surface area contributed by atoms with Gasteiger partial charge in [-0.05, 0) is 24.6 Å². The number of hydrogen-bond donors (Lipinski definition) is 3. The van der Waals surface area contributed by atoms with Gasteiger partial charge in [-0.25, -0.2) is 0 Å². The first kappa shape index (κ1) is 13.1. The predicted molar refractivity (Wildman–Crippen MR) is 72.6 cm³/mol. The number of carbonyl (C=O) groups excluding carboxylic acids is 1. The lowest BCUT2D eigenvalue weighted by Gasteiger charge is -2.08. The van der Waals surface area contributed by atoms with Gasteiger partial charge in [0.25, 0.3) is 5.91 Å². The van der Waals surface area contributed by atoms with Crippen LogP contribution in [-0.2, 0) is 13.2 Å². The lowest BCUT2D eigenvalue weighted by molar-refractivity contribution is 0.101. The third-order valence-electron chi connectivity index (χ3n) is 2.78. The van der Waals surface area contributed by atoms with Crippen molar-refractivity contribution in [2.24, 2.45) is 0 Å². The van der Waals surface area contributed by atoms with Gasteiger partial charge < -0.3 is 16.2 Å². The van der Waals surface area contributed by atoms with E-state index in [1.54, 1.807) is 28.9 Å². The van der Waals surface area contributed by atoms with E-state index in [1.165, 1.54) is 6.20 Å². The molecule has 0 aliphatic carbocycles. The lowest BCUT2D eigenvalue weighted by atomic mass is 10.2. The maximum Gasteiger partial charge on any atom is 0.276 e. The maximum absolute atomic E-state index is 12.1. The molecule has 0 spiro atoms. The van der Waals surface area contributed by atoms with Crippen LogP contribution >= 0.6 is 0 Å². The summed E-state index contributed by atoms with van der Waals surface area (Å²) in [4.78, 5) is 12.1. The van der Waals surface area contributed by atoms with Gasteiger partial charge in [-0.1, -0.05) is 12.1 Å². The molecule has 1 amide bonds. The molecule has 0 saturated carbocycles. The Labute approximate surface area is 110 Å². The van der Waals surface area contributed by atoms with Crippen LogP contribution in [0.25, 0.3) is 0 Å². The molecule has 1 aromatic carbocycles. The van der Waals surface area contributed by atoms with Gasteiger partial charge >= 0.3 is 0 Å². The molecule has 1 heterocycles. The molecule has 1 aromatic heterocycles. The fourth-order valence-electron chi connectivity index (χ4n) is 1.77. The molecular weight excluding hydrogens is 244 g/mol. The minimum absolute atomic E-state index is 0.0240. The first-order valence-corrected chi connectivity index (χ1v) is 5.98. The van der Waals surface area contributed by atoms with Gasteiger partial charge in [0.2, 0.25) is 0 Å². The van der Waals surface area contributed by atoms with Crippen molar-refractivity contribution in [1.29, 1.82) is 0 Å². The second-order valence-electron chi connectivity index (χ2n) is 4.07. The Morgan fingerprint density at radius 2 is 2.11 bits per heavy atom. The number of aromatic nitrogens is 2. The van der Waals surface area contributed by atoms with E-state index in [1.807, 2.05) is 6.92 Å². The van der Waals surface area contributed by atoms with E-state index in [-0.39, 0.29) is 12.5 Å². The summed E-state index contributed by atoms with van der Waals surface area (Å²) in [7, 11) is 0. The molecule has 0 radical (unpaired) electrons. The number of anilines is 2. The summed E-state index contributed by atoms with van der Waals surface area (Å²) in [6, 6.07) is 6.95. The number of benzene rings is 1. The zero-order chi connectivity index (χ0) is 13.8. The molecular formula is C13H16N4O2. The van der Waals surface area contributed by atoms with Gasteiger partial charge in [0.1, 0.15) is 5.69 Å². The van der Waals surface area contributed by atoms with Crippen molar-refractivity contribution in [3.8, 4) is 0 Å². The highest BCUT2D eigenvalue weighted by atomic mass is 16.3. The molecule has 0 aliphatic rings. The molecule has 0 aliphatic heterocycles. The highest BCUT2D eigenvalue weighted by Gasteiger charge is 2.16. The molecule has 0 atom stereocenters. The molecule has 0 bridgehead atoms. The number of aliphatic hydroxyl groups is 1. The van der Waals surface area contributed by atoms with Gasteiger partial charge in [-0.2, -0.15) is 5.10 Å². The normalized spacial score (nSPS) is 10.4. The van der Waals surface area contributed by atoms with E-state index in [0.717, 1.165) is 5.56 Å². The van der Waals surface area contributed by atoms with Gasteiger partial charge in [-0.15, -0.1) is 0 Å². The average molecular weight is 260 g/mol. The number of nitrogens with zero attached hydrogens (tertiary/aromatic N) is 2. The smallest absolute Gasteiger partial charge is 0.276 e. The minimum atomic E-state index is -0.298. The largest absolute Gasteiger partial charge is 0.396 e. The Balaban J connectivity index is 2.18. The minimum Gasteiger partial charge on any atom is -0.396 e. The lowest BCUT2D eigenvalue weighted by Crippen LogP contribution is -2.18. The Bertz CT molecular complexity index is 575. The standard InChI is InChI=1S/C13H16N4O2/c1-2-17-12(11(14)7-15-17)13(19)16-10-5-3-9(8-18)4-6-10/h3-7,18H,2,8,14H2,1H3,(H,16,19). The predicted octanol–water partition coefficient (Wildman–Crippen LogP) is 1.23. The summed E-state index contributed by atoms with van der Waals surface area (Å²) in [5.74, 6) is -0.298. The molecule has 100 valence electrons. The topological polar surface area (TPSA) is 93.2 Å². The number of rotatable bonds is 4.